The maximum absolute atomic E-state index is 12.6. The molecule has 0 saturated heterocycles. The first-order valence-electron chi connectivity index (χ1n) is 10.7. The van der Waals surface area contributed by atoms with Gasteiger partial charge in [-0.2, -0.15) is 0 Å². The van der Waals surface area contributed by atoms with Gasteiger partial charge in [0.1, 0.15) is 5.75 Å². The second-order valence-electron chi connectivity index (χ2n) is 7.30. The fourth-order valence-electron chi connectivity index (χ4n) is 3.10. The summed E-state index contributed by atoms with van der Waals surface area (Å²) in [6.07, 6.45) is 7.94. The molecule has 0 aliphatic rings. The van der Waals surface area contributed by atoms with Crippen molar-refractivity contribution in [2.75, 3.05) is 6.61 Å². The van der Waals surface area contributed by atoms with Gasteiger partial charge < -0.3 is 9.47 Å². The summed E-state index contributed by atoms with van der Waals surface area (Å²) in [6.45, 7) is 7.16. The molecule has 0 N–H and O–H groups in total. The molecule has 0 fully saturated rings. The van der Waals surface area contributed by atoms with Crippen LogP contribution in [0.3, 0.4) is 0 Å². The van der Waals surface area contributed by atoms with E-state index in [4.69, 9.17) is 9.47 Å². The van der Waals surface area contributed by atoms with Gasteiger partial charge in [0.05, 0.1) is 11.7 Å². The van der Waals surface area contributed by atoms with E-state index >= 15 is 0 Å². The number of hydrogen-bond acceptors (Lipinski definition) is 3. The van der Waals surface area contributed by atoms with Gasteiger partial charge in [0.15, 0.2) is 0 Å². The quantitative estimate of drug-likeness (QED) is 0.227. The van der Waals surface area contributed by atoms with Gasteiger partial charge in [0.25, 0.3) is 0 Å². The minimum atomic E-state index is -0.313. The standard InChI is InChI=1S/C25H34O3/c1-4-6-8-9-12-22-13-10-11-14-24(22)28-25(26)23-17-15-21(16-18-23)20(3)27-19-7-5-2/h10-11,13-18,20H,4-9,12,19H2,1-3H3. The molecule has 0 spiro atoms. The first kappa shape index (κ1) is 22.2. The van der Waals surface area contributed by atoms with Gasteiger partial charge in [0, 0.05) is 6.61 Å². The van der Waals surface area contributed by atoms with Crippen LogP contribution in [0.2, 0.25) is 0 Å². The lowest BCUT2D eigenvalue weighted by molar-refractivity contribution is 0.0635. The zero-order valence-electron chi connectivity index (χ0n) is 17.6. The third kappa shape index (κ3) is 7.12. The van der Waals surface area contributed by atoms with Gasteiger partial charge in [-0.15, -0.1) is 0 Å². The molecule has 0 bridgehead atoms. The lowest BCUT2D eigenvalue weighted by atomic mass is 10.1. The highest BCUT2D eigenvalue weighted by atomic mass is 16.5. The van der Waals surface area contributed by atoms with Crippen LogP contribution in [-0.2, 0) is 11.2 Å². The van der Waals surface area contributed by atoms with Gasteiger partial charge >= 0.3 is 5.97 Å². The minimum Gasteiger partial charge on any atom is -0.423 e. The molecular formula is C25H34O3. The van der Waals surface area contributed by atoms with E-state index in [9.17, 15) is 4.79 Å². The smallest absolute Gasteiger partial charge is 0.343 e. The van der Waals surface area contributed by atoms with Crippen molar-refractivity contribution in [3.05, 3.63) is 65.2 Å². The third-order valence-electron chi connectivity index (χ3n) is 4.96. The Balaban J connectivity index is 1.95. The number of esters is 1. The summed E-state index contributed by atoms with van der Waals surface area (Å²) in [5.74, 6) is 0.358. The zero-order chi connectivity index (χ0) is 20.2. The van der Waals surface area contributed by atoms with E-state index in [0.29, 0.717) is 11.3 Å². The third-order valence-corrected chi connectivity index (χ3v) is 4.96. The summed E-state index contributed by atoms with van der Waals surface area (Å²) in [4.78, 5) is 12.6. The summed E-state index contributed by atoms with van der Waals surface area (Å²) < 4.78 is 11.5. The predicted molar refractivity (Wildman–Crippen MR) is 115 cm³/mol. The van der Waals surface area contributed by atoms with Crippen molar-refractivity contribution < 1.29 is 14.3 Å². The summed E-state index contributed by atoms with van der Waals surface area (Å²) in [7, 11) is 0. The number of aryl methyl sites for hydroxylation is 1. The molecule has 28 heavy (non-hydrogen) atoms. The van der Waals surface area contributed by atoms with E-state index in [1.165, 1.54) is 19.3 Å². The van der Waals surface area contributed by atoms with E-state index in [1.807, 2.05) is 55.5 Å². The monoisotopic (exact) mass is 382 g/mol. The van der Waals surface area contributed by atoms with Crippen LogP contribution < -0.4 is 4.74 Å². The highest BCUT2D eigenvalue weighted by Crippen LogP contribution is 2.23. The Morgan fingerprint density at radius 1 is 0.893 bits per heavy atom. The second kappa shape index (κ2) is 12.4. The summed E-state index contributed by atoms with van der Waals surface area (Å²) >= 11 is 0. The van der Waals surface area contributed by atoms with Crippen LogP contribution in [0.5, 0.6) is 5.75 Å². The topological polar surface area (TPSA) is 35.5 Å². The largest absolute Gasteiger partial charge is 0.423 e. The molecule has 1 atom stereocenters. The molecule has 2 rings (SSSR count). The minimum absolute atomic E-state index is 0.0282. The molecule has 0 radical (unpaired) electrons. The Morgan fingerprint density at radius 2 is 1.61 bits per heavy atom. The van der Waals surface area contributed by atoms with Gasteiger partial charge in [-0.1, -0.05) is 69.9 Å². The first-order chi connectivity index (χ1) is 13.7. The van der Waals surface area contributed by atoms with Crippen LogP contribution >= 0.6 is 0 Å². The molecule has 0 amide bonds. The number of carbonyl (C=O) groups excluding carboxylic acids is 1. The molecule has 0 aromatic heterocycles. The fourth-order valence-corrected chi connectivity index (χ4v) is 3.10. The SMILES string of the molecule is CCCCCCc1ccccc1OC(=O)c1ccc(C(C)OCCCC)cc1. The summed E-state index contributed by atoms with van der Waals surface area (Å²) in [5.41, 5.74) is 2.73. The van der Waals surface area contributed by atoms with Gasteiger partial charge in [-0.05, 0) is 55.5 Å². The number of hydrogen-bond donors (Lipinski definition) is 0. The maximum atomic E-state index is 12.6. The molecule has 3 nitrogen and oxygen atoms in total. The number of ether oxygens (including phenoxy) is 2. The van der Waals surface area contributed by atoms with E-state index < -0.39 is 0 Å². The highest BCUT2D eigenvalue weighted by Gasteiger charge is 2.13. The molecule has 0 heterocycles. The molecule has 0 aliphatic carbocycles. The van der Waals surface area contributed by atoms with Crippen molar-refractivity contribution in [3.8, 4) is 5.75 Å². The lowest BCUT2D eigenvalue weighted by Crippen LogP contribution is -2.10. The number of benzene rings is 2. The lowest BCUT2D eigenvalue weighted by Gasteiger charge is -2.14. The van der Waals surface area contributed by atoms with E-state index in [2.05, 4.69) is 13.8 Å². The van der Waals surface area contributed by atoms with Crippen LogP contribution in [0, 0.1) is 0 Å². The first-order valence-corrected chi connectivity index (χ1v) is 10.7. The van der Waals surface area contributed by atoms with Crippen molar-refractivity contribution >= 4 is 5.97 Å². The maximum Gasteiger partial charge on any atom is 0.343 e. The molecule has 0 saturated carbocycles. The fraction of sp³-hybridized carbons (Fsp3) is 0.480. The molecule has 3 heteroatoms. The van der Waals surface area contributed by atoms with Crippen LogP contribution in [-0.4, -0.2) is 12.6 Å². The van der Waals surface area contributed by atoms with Crippen molar-refractivity contribution in [2.45, 2.75) is 71.8 Å². The Kier molecular flexibility index (Phi) is 9.78. The number of para-hydroxylation sites is 1. The van der Waals surface area contributed by atoms with E-state index in [1.54, 1.807) is 0 Å². The van der Waals surface area contributed by atoms with E-state index in [0.717, 1.165) is 43.4 Å². The van der Waals surface area contributed by atoms with Crippen molar-refractivity contribution in [1.29, 1.82) is 0 Å². The number of rotatable bonds is 12. The van der Waals surface area contributed by atoms with Crippen molar-refractivity contribution in [1.82, 2.24) is 0 Å². The van der Waals surface area contributed by atoms with Crippen LogP contribution in [0.15, 0.2) is 48.5 Å². The Bertz CT molecular complexity index is 706. The summed E-state index contributed by atoms with van der Waals surface area (Å²) in [6, 6.07) is 15.4. The van der Waals surface area contributed by atoms with Crippen molar-refractivity contribution in [2.24, 2.45) is 0 Å². The second-order valence-corrected chi connectivity index (χ2v) is 7.30. The summed E-state index contributed by atoms with van der Waals surface area (Å²) in [5, 5.41) is 0. The van der Waals surface area contributed by atoms with Gasteiger partial charge in [-0.3, -0.25) is 0 Å². The molecule has 1 unspecified atom stereocenters. The van der Waals surface area contributed by atoms with Crippen molar-refractivity contribution in [3.63, 3.8) is 0 Å². The van der Waals surface area contributed by atoms with Crippen LogP contribution in [0.4, 0.5) is 0 Å². The van der Waals surface area contributed by atoms with E-state index in [-0.39, 0.29) is 12.1 Å². The Morgan fingerprint density at radius 3 is 2.32 bits per heavy atom. The average molecular weight is 383 g/mol. The van der Waals surface area contributed by atoms with Gasteiger partial charge in [0.2, 0.25) is 0 Å². The normalized spacial score (nSPS) is 12.0. The zero-order valence-corrected chi connectivity index (χ0v) is 17.6. The molecular weight excluding hydrogens is 348 g/mol. The van der Waals surface area contributed by atoms with Crippen LogP contribution in [0.1, 0.15) is 86.9 Å². The molecule has 0 aliphatic heterocycles. The highest BCUT2D eigenvalue weighted by molar-refractivity contribution is 5.91. The average Bonchev–Trinajstić information content (AvgIpc) is 2.72. The molecule has 152 valence electrons. The van der Waals surface area contributed by atoms with Crippen LogP contribution in [0.25, 0.3) is 0 Å². The Labute approximate surface area is 170 Å². The number of carbonyl (C=O) groups is 1. The van der Waals surface area contributed by atoms with Gasteiger partial charge in [-0.25, -0.2) is 4.79 Å². The number of unbranched alkanes of at least 4 members (excludes halogenated alkanes) is 4. The molecule has 2 aromatic carbocycles. The Hall–Kier alpha value is -2.13. The predicted octanol–water partition coefficient (Wildman–Crippen LogP) is 6.91. The molecule has 2 aromatic rings.